The number of carbonyl (C=O) groups excluding carboxylic acids is 2. The molecule has 1 fully saturated rings. The van der Waals surface area contributed by atoms with E-state index in [1.54, 1.807) is 12.3 Å². The average molecular weight is 390 g/mol. The number of hydrogen-bond acceptors (Lipinski definition) is 5. The zero-order valence-corrected chi connectivity index (χ0v) is 18.1. The fourth-order valence-electron chi connectivity index (χ4n) is 3.37. The lowest BCUT2D eigenvalue weighted by Crippen LogP contribution is -2.49. The maximum Gasteiger partial charge on any atom is 0.270 e. The van der Waals surface area contributed by atoms with E-state index >= 15 is 0 Å². The molecule has 1 aromatic heterocycles. The standard InChI is InChI=1S/C21H35N5O2/c1-20(2,3)19-22-12-11-16(25-19)18(28)23-13-17(27)24-14-7-9-15(10-8-14)26-21(4,5)6/h11-12,14-15,26H,7-10,13H2,1-6H3,(H,23,28)(H,24,27). The number of hydrogen-bond donors (Lipinski definition) is 3. The number of amides is 2. The van der Waals surface area contributed by atoms with Crippen LogP contribution in [0.2, 0.25) is 0 Å². The Bertz CT molecular complexity index is 683. The lowest BCUT2D eigenvalue weighted by molar-refractivity contribution is -0.121. The highest BCUT2D eigenvalue weighted by atomic mass is 16.2. The summed E-state index contributed by atoms with van der Waals surface area (Å²) in [5.41, 5.74) is 0.147. The van der Waals surface area contributed by atoms with E-state index in [0.29, 0.717) is 11.9 Å². The van der Waals surface area contributed by atoms with Crippen molar-refractivity contribution in [2.24, 2.45) is 0 Å². The minimum Gasteiger partial charge on any atom is -0.352 e. The Morgan fingerprint density at radius 1 is 1.04 bits per heavy atom. The Morgan fingerprint density at radius 2 is 1.64 bits per heavy atom. The van der Waals surface area contributed by atoms with E-state index in [4.69, 9.17) is 0 Å². The highest BCUT2D eigenvalue weighted by Gasteiger charge is 2.25. The van der Waals surface area contributed by atoms with Crippen LogP contribution in [0.5, 0.6) is 0 Å². The zero-order valence-electron chi connectivity index (χ0n) is 18.1. The number of carbonyl (C=O) groups is 2. The molecule has 0 radical (unpaired) electrons. The monoisotopic (exact) mass is 389 g/mol. The van der Waals surface area contributed by atoms with E-state index in [9.17, 15) is 9.59 Å². The number of aromatic nitrogens is 2. The van der Waals surface area contributed by atoms with Gasteiger partial charge in [0.2, 0.25) is 5.91 Å². The SMILES string of the molecule is CC(C)(C)NC1CCC(NC(=O)CNC(=O)c2ccnc(C(C)(C)C)n2)CC1. The molecule has 1 saturated carbocycles. The zero-order chi connectivity index (χ0) is 20.9. The van der Waals surface area contributed by atoms with Crippen LogP contribution in [0.1, 0.15) is 83.5 Å². The number of rotatable bonds is 5. The first kappa shape index (κ1) is 22.3. The second-order valence-electron chi connectivity index (χ2n) is 9.71. The van der Waals surface area contributed by atoms with Gasteiger partial charge in [0, 0.05) is 29.2 Å². The van der Waals surface area contributed by atoms with Crippen molar-refractivity contribution >= 4 is 11.8 Å². The van der Waals surface area contributed by atoms with Gasteiger partial charge in [-0.15, -0.1) is 0 Å². The number of nitrogens with zero attached hydrogens (tertiary/aromatic N) is 2. The molecule has 3 N–H and O–H groups in total. The van der Waals surface area contributed by atoms with Crippen LogP contribution in [0.15, 0.2) is 12.3 Å². The molecule has 7 heteroatoms. The van der Waals surface area contributed by atoms with Gasteiger partial charge in [-0.2, -0.15) is 0 Å². The summed E-state index contributed by atoms with van der Waals surface area (Å²) in [6.07, 6.45) is 5.57. The van der Waals surface area contributed by atoms with E-state index in [-0.39, 0.29) is 41.0 Å². The largest absolute Gasteiger partial charge is 0.352 e. The topological polar surface area (TPSA) is 96.0 Å². The third-order valence-corrected chi connectivity index (χ3v) is 4.70. The first-order chi connectivity index (χ1) is 12.9. The molecule has 1 heterocycles. The van der Waals surface area contributed by atoms with Crippen molar-refractivity contribution in [3.05, 3.63) is 23.8 Å². The van der Waals surface area contributed by atoms with E-state index in [0.717, 1.165) is 25.7 Å². The summed E-state index contributed by atoms with van der Waals surface area (Å²) in [7, 11) is 0. The molecule has 1 aliphatic rings. The maximum atomic E-state index is 12.3. The fourth-order valence-corrected chi connectivity index (χ4v) is 3.37. The summed E-state index contributed by atoms with van der Waals surface area (Å²) in [6.45, 7) is 12.4. The highest BCUT2D eigenvalue weighted by molar-refractivity contribution is 5.94. The van der Waals surface area contributed by atoms with Gasteiger partial charge < -0.3 is 16.0 Å². The Balaban J connectivity index is 1.77. The van der Waals surface area contributed by atoms with Crippen LogP contribution in [-0.2, 0) is 10.2 Å². The molecule has 28 heavy (non-hydrogen) atoms. The van der Waals surface area contributed by atoms with Crippen molar-refractivity contribution < 1.29 is 9.59 Å². The van der Waals surface area contributed by atoms with Crippen LogP contribution < -0.4 is 16.0 Å². The van der Waals surface area contributed by atoms with E-state index < -0.39 is 0 Å². The fraction of sp³-hybridized carbons (Fsp3) is 0.714. The van der Waals surface area contributed by atoms with Gasteiger partial charge in [-0.3, -0.25) is 9.59 Å². The van der Waals surface area contributed by atoms with E-state index in [1.165, 1.54) is 0 Å². The van der Waals surface area contributed by atoms with Crippen LogP contribution in [0.4, 0.5) is 0 Å². The number of nitrogens with one attached hydrogen (secondary N) is 3. The summed E-state index contributed by atoms with van der Waals surface area (Å²) < 4.78 is 0. The molecular weight excluding hydrogens is 354 g/mol. The highest BCUT2D eigenvalue weighted by Crippen LogP contribution is 2.20. The molecule has 1 aromatic rings. The molecule has 0 spiro atoms. The third-order valence-electron chi connectivity index (χ3n) is 4.70. The van der Waals surface area contributed by atoms with Crippen LogP contribution in [-0.4, -0.2) is 45.9 Å². The average Bonchev–Trinajstić information content (AvgIpc) is 2.59. The molecule has 2 rings (SSSR count). The van der Waals surface area contributed by atoms with Crippen LogP contribution >= 0.6 is 0 Å². The molecule has 0 saturated heterocycles. The predicted molar refractivity (Wildman–Crippen MR) is 110 cm³/mol. The smallest absolute Gasteiger partial charge is 0.270 e. The minimum absolute atomic E-state index is 0.0478. The normalized spacial score (nSPS) is 20.5. The summed E-state index contributed by atoms with van der Waals surface area (Å²) in [6, 6.07) is 2.24. The van der Waals surface area contributed by atoms with Crippen molar-refractivity contribution in [3.63, 3.8) is 0 Å². The molecule has 0 atom stereocenters. The van der Waals surface area contributed by atoms with Gasteiger partial charge in [0.1, 0.15) is 11.5 Å². The molecule has 156 valence electrons. The summed E-state index contributed by atoms with van der Waals surface area (Å²) in [4.78, 5) is 33.0. The Kier molecular flexibility index (Phi) is 7.15. The molecule has 0 aromatic carbocycles. The van der Waals surface area contributed by atoms with Crippen molar-refractivity contribution in [1.29, 1.82) is 0 Å². The molecule has 2 amide bonds. The van der Waals surface area contributed by atoms with Gasteiger partial charge in [-0.05, 0) is 52.5 Å². The summed E-state index contributed by atoms with van der Waals surface area (Å²) in [5.74, 6) is 0.0806. The quantitative estimate of drug-likeness (QED) is 0.718. The summed E-state index contributed by atoms with van der Waals surface area (Å²) in [5, 5.41) is 9.31. The Morgan fingerprint density at radius 3 is 2.21 bits per heavy atom. The summed E-state index contributed by atoms with van der Waals surface area (Å²) >= 11 is 0. The van der Waals surface area contributed by atoms with E-state index in [1.807, 2.05) is 20.8 Å². The molecule has 0 bridgehead atoms. The van der Waals surface area contributed by atoms with Gasteiger partial charge in [0.25, 0.3) is 5.91 Å². The van der Waals surface area contributed by atoms with Crippen molar-refractivity contribution in [3.8, 4) is 0 Å². The second-order valence-corrected chi connectivity index (χ2v) is 9.71. The van der Waals surface area contributed by atoms with Gasteiger partial charge in [-0.1, -0.05) is 20.8 Å². The van der Waals surface area contributed by atoms with Crippen molar-refractivity contribution in [1.82, 2.24) is 25.9 Å². The molecule has 7 nitrogen and oxygen atoms in total. The first-order valence-corrected chi connectivity index (χ1v) is 10.1. The first-order valence-electron chi connectivity index (χ1n) is 10.1. The Labute approximate surface area is 168 Å². The lowest BCUT2D eigenvalue weighted by atomic mass is 9.89. The van der Waals surface area contributed by atoms with Gasteiger partial charge in [-0.25, -0.2) is 9.97 Å². The van der Waals surface area contributed by atoms with Gasteiger partial charge >= 0.3 is 0 Å². The molecular formula is C21H35N5O2. The van der Waals surface area contributed by atoms with Gasteiger partial charge in [0.05, 0.1) is 6.54 Å². The minimum atomic E-state index is -0.360. The molecule has 0 unspecified atom stereocenters. The second kappa shape index (κ2) is 8.99. The van der Waals surface area contributed by atoms with Crippen LogP contribution in [0, 0.1) is 0 Å². The lowest BCUT2D eigenvalue weighted by Gasteiger charge is -2.34. The van der Waals surface area contributed by atoms with Crippen LogP contribution in [0.3, 0.4) is 0 Å². The van der Waals surface area contributed by atoms with Gasteiger partial charge in [0.15, 0.2) is 0 Å². The Hall–Kier alpha value is -2.02. The van der Waals surface area contributed by atoms with Crippen LogP contribution in [0.25, 0.3) is 0 Å². The maximum absolute atomic E-state index is 12.3. The third kappa shape index (κ3) is 7.19. The van der Waals surface area contributed by atoms with Crippen molar-refractivity contribution in [2.75, 3.05) is 6.54 Å². The predicted octanol–water partition coefficient (Wildman–Crippen LogP) is 2.32. The van der Waals surface area contributed by atoms with Crippen molar-refractivity contribution in [2.45, 2.75) is 90.3 Å². The molecule has 0 aliphatic heterocycles. The van der Waals surface area contributed by atoms with E-state index in [2.05, 4.69) is 46.7 Å². The molecule has 1 aliphatic carbocycles.